The summed E-state index contributed by atoms with van der Waals surface area (Å²) >= 11 is 1.53. The molecular formula is C9H14N4O3S. The van der Waals surface area contributed by atoms with Crippen molar-refractivity contribution in [3.8, 4) is 0 Å². The Bertz CT molecular complexity index is 382. The van der Waals surface area contributed by atoms with Gasteiger partial charge in [0.05, 0.1) is 10.5 Å². The normalized spacial score (nSPS) is 14.1. The van der Waals surface area contributed by atoms with Crippen LogP contribution >= 0.6 is 11.8 Å². The highest BCUT2D eigenvalue weighted by Crippen LogP contribution is 2.12. The van der Waals surface area contributed by atoms with E-state index in [-0.39, 0.29) is 18.2 Å². The molecule has 1 unspecified atom stereocenters. The number of hydrogen-bond acceptors (Lipinski definition) is 7. The molecule has 1 heterocycles. The number of hydrogen-bond donors (Lipinski definition) is 2. The van der Waals surface area contributed by atoms with Crippen molar-refractivity contribution in [3.63, 3.8) is 0 Å². The minimum absolute atomic E-state index is 0.161. The lowest BCUT2D eigenvalue weighted by molar-refractivity contribution is -0.385. The van der Waals surface area contributed by atoms with Crippen LogP contribution in [0, 0.1) is 10.1 Å². The molecule has 1 aromatic rings. The van der Waals surface area contributed by atoms with Gasteiger partial charge in [0, 0.05) is 12.3 Å². The maximum atomic E-state index is 10.4. The second-order valence-electron chi connectivity index (χ2n) is 3.81. The lowest BCUT2D eigenvalue weighted by atomic mass is 10.1. The van der Waals surface area contributed by atoms with Crippen molar-refractivity contribution in [2.45, 2.75) is 12.5 Å². The number of aliphatic hydroxyl groups is 1. The van der Waals surface area contributed by atoms with Gasteiger partial charge >= 0.3 is 5.69 Å². The highest BCUT2D eigenvalue weighted by molar-refractivity contribution is 7.98. The first kappa shape index (κ1) is 13.7. The van der Waals surface area contributed by atoms with Crippen LogP contribution in [0.15, 0.2) is 12.4 Å². The Balaban J connectivity index is 2.55. The van der Waals surface area contributed by atoms with Gasteiger partial charge in [-0.3, -0.25) is 10.1 Å². The van der Waals surface area contributed by atoms with Crippen molar-refractivity contribution in [2.75, 3.05) is 23.9 Å². The predicted molar refractivity (Wildman–Crippen MR) is 66.2 cm³/mol. The van der Waals surface area contributed by atoms with Crippen LogP contribution < -0.4 is 5.32 Å². The van der Waals surface area contributed by atoms with Crippen LogP contribution in [0.1, 0.15) is 6.92 Å². The van der Waals surface area contributed by atoms with E-state index in [2.05, 4.69) is 15.3 Å². The number of rotatable bonds is 6. The van der Waals surface area contributed by atoms with Crippen molar-refractivity contribution >= 4 is 23.4 Å². The Morgan fingerprint density at radius 3 is 2.65 bits per heavy atom. The Hall–Kier alpha value is -1.41. The van der Waals surface area contributed by atoms with Crippen LogP contribution in [0.3, 0.4) is 0 Å². The second-order valence-corrected chi connectivity index (χ2v) is 4.67. The summed E-state index contributed by atoms with van der Waals surface area (Å²) in [4.78, 5) is 17.4. The fourth-order valence-corrected chi connectivity index (χ4v) is 1.86. The first-order valence-corrected chi connectivity index (χ1v) is 6.25. The van der Waals surface area contributed by atoms with Crippen LogP contribution in [0.4, 0.5) is 11.6 Å². The Morgan fingerprint density at radius 2 is 2.18 bits per heavy atom. The quantitative estimate of drug-likeness (QED) is 0.577. The van der Waals surface area contributed by atoms with Crippen molar-refractivity contribution < 1.29 is 10.0 Å². The summed E-state index contributed by atoms with van der Waals surface area (Å²) in [6, 6.07) is 0. The number of nitro groups is 1. The summed E-state index contributed by atoms with van der Waals surface area (Å²) in [5.74, 6) is 0.837. The van der Waals surface area contributed by atoms with Crippen LogP contribution in [0.25, 0.3) is 0 Å². The van der Waals surface area contributed by atoms with Crippen molar-refractivity contribution in [2.24, 2.45) is 0 Å². The molecule has 0 amide bonds. The summed E-state index contributed by atoms with van der Waals surface area (Å²) < 4.78 is 0. The zero-order valence-electron chi connectivity index (χ0n) is 9.58. The van der Waals surface area contributed by atoms with E-state index in [1.807, 2.05) is 6.26 Å². The van der Waals surface area contributed by atoms with Crippen molar-refractivity contribution in [3.05, 3.63) is 22.5 Å². The molecule has 2 N–H and O–H groups in total. The van der Waals surface area contributed by atoms with Gasteiger partial charge in [-0.2, -0.15) is 11.8 Å². The fourth-order valence-electron chi connectivity index (χ4n) is 1.14. The summed E-state index contributed by atoms with van der Waals surface area (Å²) in [6.07, 6.45) is 4.15. The molecule has 7 nitrogen and oxygen atoms in total. The third-order valence-electron chi connectivity index (χ3n) is 1.93. The molecule has 1 aromatic heterocycles. The lowest BCUT2D eigenvalue weighted by Gasteiger charge is -2.22. The molecule has 0 bridgehead atoms. The van der Waals surface area contributed by atoms with Gasteiger partial charge in [0.25, 0.3) is 0 Å². The van der Waals surface area contributed by atoms with Crippen LogP contribution in [0.5, 0.6) is 0 Å². The van der Waals surface area contributed by atoms with E-state index >= 15 is 0 Å². The SMILES string of the molecule is CSCC(C)(O)CNc1ncc([N+](=O)[O-])cn1. The number of thioether (sulfide) groups is 1. The molecule has 0 saturated carbocycles. The average Bonchev–Trinajstić information content (AvgIpc) is 2.27. The van der Waals surface area contributed by atoms with Crippen molar-refractivity contribution in [1.82, 2.24) is 9.97 Å². The van der Waals surface area contributed by atoms with Crippen LogP contribution in [-0.2, 0) is 0 Å². The average molecular weight is 258 g/mol. The Kier molecular flexibility index (Phi) is 4.64. The third kappa shape index (κ3) is 4.53. The fraction of sp³-hybridized carbons (Fsp3) is 0.556. The van der Waals surface area contributed by atoms with E-state index in [4.69, 9.17) is 0 Å². The zero-order valence-corrected chi connectivity index (χ0v) is 10.4. The van der Waals surface area contributed by atoms with Crippen LogP contribution in [0.2, 0.25) is 0 Å². The molecule has 94 valence electrons. The molecule has 0 fully saturated rings. The Morgan fingerprint density at radius 1 is 1.59 bits per heavy atom. The van der Waals surface area contributed by atoms with Gasteiger partial charge in [0.1, 0.15) is 12.4 Å². The maximum Gasteiger partial charge on any atom is 0.305 e. The van der Waals surface area contributed by atoms with E-state index in [0.717, 1.165) is 12.4 Å². The Labute approximate surface area is 103 Å². The molecule has 8 heteroatoms. The lowest BCUT2D eigenvalue weighted by Crippen LogP contribution is -2.36. The largest absolute Gasteiger partial charge is 0.387 e. The molecule has 0 radical (unpaired) electrons. The first-order valence-electron chi connectivity index (χ1n) is 4.86. The predicted octanol–water partition coefficient (Wildman–Crippen LogP) is 0.911. The van der Waals surface area contributed by atoms with E-state index in [0.29, 0.717) is 5.75 Å². The zero-order chi connectivity index (χ0) is 12.9. The molecule has 0 aliphatic carbocycles. The molecule has 1 rings (SSSR count). The standard InChI is InChI=1S/C9H14N4O3S/c1-9(14,6-17-2)5-12-8-10-3-7(4-11-8)13(15)16/h3-4,14H,5-6H2,1-2H3,(H,10,11,12). The summed E-state index contributed by atoms with van der Waals surface area (Å²) in [7, 11) is 0. The topological polar surface area (TPSA) is 101 Å². The number of nitrogens with one attached hydrogen (secondary N) is 1. The first-order chi connectivity index (χ1) is 7.94. The van der Waals surface area contributed by atoms with Crippen molar-refractivity contribution in [1.29, 1.82) is 0 Å². The molecule has 0 saturated heterocycles. The summed E-state index contributed by atoms with van der Waals surface area (Å²) in [5, 5.41) is 23.1. The minimum atomic E-state index is -0.870. The monoisotopic (exact) mass is 258 g/mol. The second kappa shape index (κ2) is 5.78. The third-order valence-corrected chi connectivity index (χ3v) is 2.84. The molecule has 0 aromatic carbocycles. The van der Waals surface area contributed by atoms with Gasteiger partial charge in [-0.1, -0.05) is 0 Å². The van der Waals surface area contributed by atoms with Gasteiger partial charge in [0.2, 0.25) is 5.95 Å². The van der Waals surface area contributed by atoms with Gasteiger partial charge in [0.15, 0.2) is 0 Å². The van der Waals surface area contributed by atoms with Crippen LogP contribution in [-0.4, -0.2) is 44.2 Å². The summed E-state index contributed by atoms with van der Waals surface area (Å²) in [5.41, 5.74) is -1.03. The maximum absolute atomic E-state index is 10.4. The van der Waals surface area contributed by atoms with E-state index < -0.39 is 10.5 Å². The minimum Gasteiger partial charge on any atom is -0.387 e. The molecule has 17 heavy (non-hydrogen) atoms. The summed E-state index contributed by atoms with van der Waals surface area (Å²) in [6.45, 7) is 1.98. The van der Waals surface area contributed by atoms with Gasteiger partial charge in [-0.15, -0.1) is 0 Å². The number of nitrogens with zero attached hydrogens (tertiary/aromatic N) is 3. The van der Waals surface area contributed by atoms with E-state index in [1.165, 1.54) is 11.8 Å². The highest BCUT2D eigenvalue weighted by Gasteiger charge is 2.19. The van der Waals surface area contributed by atoms with E-state index in [1.54, 1.807) is 6.92 Å². The smallest absolute Gasteiger partial charge is 0.305 e. The van der Waals surface area contributed by atoms with Gasteiger partial charge in [-0.05, 0) is 13.2 Å². The molecule has 0 aliphatic heterocycles. The number of aromatic nitrogens is 2. The van der Waals surface area contributed by atoms with Gasteiger partial charge in [-0.25, -0.2) is 9.97 Å². The number of anilines is 1. The molecular weight excluding hydrogens is 244 g/mol. The molecule has 1 atom stereocenters. The molecule has 0 aliphatic rings. The molecule has 0 spiro atoms. The van der Waals surface area contributed by atoms with Gasteiger partial charge < -0.3 is 10.4 Å². The highest BCUT2D eigenvalue weighted by atomic mass is 32.2. The van der Waals surface area contributed by atoms with E-state index in [9.17, 15) is 15.2 Å².